The Bertz CT molecular complexity index is 1170. The minimum Gasteiger partial charge on any atom is -0.432 e. The summed E-state index contributed by atoms with van der Waals surface area (Å²) in [4.78, 5) is 26.0. The topological polar surface area (TPSA) is 100 Å². The SMILES string of the molecule is O=c1cc(C(F)(F)F)cnn1-c1cc(Oc2ncccc2[N+](=O)[O-])c(Cl)cc1F. The summed E-state index contributed by atoms with van der Waals surface area (Å²) in [5.41, 5.74) is -3.68. The van der Waals surface area contributed by atoms with Crippen LogP contribution in [-0.2, 0) is 6.18 Å². The summed E-state index contributed by atoms with van der Waals surface area (Å²) >= 11 is 5.88. The minimum absolute atomic E-state index is 0.241. The molecule has 13 heteroatoms. The number of alkyl halides is 3. The van der Waals surface area contributed by atoms with Crippen molar-refractivity contribution < 1.29 is 27.2 Å². The Morgan fingerprint density at radius 1 is 1.24 bits per heavy atom. The number of halogens is 5. The monoisotopic (exact) mass is 430 g/mol. The first-order valence-corrected chi connectivity index (χ1v) is 7.89. The highest BCUT2D eigenvalue weighted by molar-refractivity contribution is 6.32. The lowest BCUT2D eigenvalue weighted by atomic mass is 10.2. The van der Waals surface area contributed by atoms with Crippen LogP contribution in [0.2, 0.25) is 5.02 Å². The molecule has 0 saturated heterocycles. The molecule has 0 saturated carbocycles. The molecular weight excluding hydrogens is 424 g/mol. The van der Waals surface area contributed by atoms with Gasteiger partial charge in [-0.25, -0.2) is 9.37 Å². The molecule has 0 radical (unpaired) electrons. The Balaban J connectivity index is 2.08. The molecule has 0 fully saturated rings. The molecule has 0 atom stereocenters. The molecule has 0 N–H and O–H groups in total. The van der Waals surface area contributed by atoms with E-state index in [1.165, 1.54) is 12.3 Å². The predicted molar refractivity (Wildman–Crippen MR) is 90.8 cm³/mol. The zero-order chi connectivity index (χ0) is 21.3. The maximum Gasteiger partial charge on any atom is 0.418 e. The van der Waals surface area contributed by atoms with E-state index in [0.29, 0.717) is 16.9 Å². The van der Waals surface area contributed by atoms with E-state index >= 15 is 0 Å². The molecule has 2 aromatic heterocycles. The summed E-state index contributed by atoms with van der Waals surface area (Å²) < 4.78 is 58.0. The van der Waals surface area contributed by atoms with Gasteiger partial charge in [-0.15, -0.1) is 0 Å². The first-order valence-electron chi connectivity index (χ1n) is 7.51. The second-order valence-corrected chi connectivity index (χ2v) is 5.82. The third kappa shape index (κ3) is 4.16. The molecule has 2 heterocycles. The second kappa shape index (κ2) is 7.47. The van der Waals surface area contributed by atoms with Gasteiger partial charge in [0, 0.05) is 24.4 Å². The van der Waals surface area contributed by atoms with Crippen LogP contribution < -0.4 is 10.3 Å². The fourth-order valence-electron chi connectivity index (χ4n) is 2.21. The highest BCUT2D eigenvalue weighted by Crippen LogP contribution is 2.35. The third-order valence-corrected chi connectivity index (χ3v) is 3.81. The molecule has 0 bridgehead atoms. The van der Waals surface area contributed by atoms with Gasteiger partial charge in [-0.2, -0.15) is 23.0 Å². The van der Waals surface area contributed by atoms with Gasteiger partial charge in [0.25, 0.3) is 11.4 Å². The van der Waals surface area contributed by atoms with Crippen molar-refractivity contribution in [2.75, 3.05) is 0 Å². The molecule has 0 unspecified atom stereocenters. The molecule has 29 heavy (non-hydrogen) atoms. The second-order valence-electron chi connectivity index (χ2n) is 5.41. The molecule has 0 aliphatic rings. The smallest absolute Gasteiger partial charge is 0.418 e. The Kier molecular flexibility index (Phi) is 5.20. The first kappa shape index (κ1) is 20.2. The van der Waals surface area contributed by atoms with Gasteiger partial charge in [-0.05, 0) is 12.1 Å². The number of hydrogen-bond donors (Lipinski definition) is 0. The molecule has 3 rings (SSSR count). The zero-order valence-electron chi connectivity index (χ0n) is 13.9. The van der Waals surface area contributed by atoms with Crippen LogP contribution in [0.15, 0.2) is 47.5 Å². The van der Waals surface area contributed by atoms with E-state index in [0.717, 1.165) is 12.1 Å². The third-order valence-electron chi connectivity index (χ3n) is 3.51. The Morgan fingerprint density at radius 2 is 1.97 bits per heavy atom. The van der Waals surface area contributed by atoms with Crippen molar-refractivity contribution in [3.63, 3.8) is 0 Å². The van der Waals surface area contributed by atoms with Crippen LogP contribution in [0.25, 0.3) is 5.69 Å². The largest absolute Gasteiger partial charge is 0.432 e. The van der Waals surface area contributed by atoms with Crippen molar-refractivity contribution in [2.45, 2.75) is 6.18 Å². The lowest BCUT2D eigenvalue weighted by molar-refractivity contribution is -0.386. The number of aromatic nitrogens is 3. The average Bonchev–Trinajstić information content (AvgIpc) is 2.63. The molecule has 8 nitrogen and oxygen atoms in total. The number of benzene rings is 1. The maximum atomic E-state index is 14.3. The van der Waals surface area contributed by atoms with E-state index in [4.69, 9.17) is 16.3 Å². The number of pyridine rings is 1. The summed E-state index contributed by atoms with van der Waals surface area (Å²) in [5, 5.41) is 14.0. The van der Waals surface area contributed by atoms with Crippen molar-refractivity contribution >= 4 is 17.3 Å². The van der Waals surface area contributed by atoms with Gasteiger partial charge >= 0.3 is 11.9 Å². The maximum absolute atomic E-state index is 14.3. The van der Waals surface area contributed by atoms with Gasteiger partial charge in [0.15, 0.2) is 11.6 Å². The molecule has 0 aliphatic carbocycles. The van der Waals surface area contributed by atoms with Crippen LogP contribution in [0, 0.1) is 15.9 Å². The van der Waals surface area contributed by atoms with Gasteiger partial charge < -0.3 is 4.74 Å². The first-order chi connectivity index (χ1) is 13.6. The van der Waals surface area contributed by atoms with Gasteiger partial charge in [0.2, 0.25) is 0 Å². The quantitative estimate of drug-likeness (QED) is 0.350. The number of nitro groups is 1. The van der Waals surface area contributed by atoms with Crippen LogP contribution >= 0.6 is 11.6 Å². The average molecular weight is 431 g/mol. The van der Waals surface area contributed by atoms with Crippen molar-refractivity contribution in [2.24, 2.45) is 0 Å². The number of hydrogen-bond acceptors (Lipinski definition) is 6. The van der Waals surface area contributed by atoms with Crippen LogP contribution in [0.1, 0.15) is 5.56 Å². The highest BCUT2D eigenvalue weighted by atomic mass is 35.5. The van der Waals surface area contributed by atoms with E-state index in [1.54, 1.807) is 0 Å². The van der Waals surface area contributed by atoms with Crippen LogP contribution in [0.4, 0.5) is 23.2 Å². The summed E-state index contributed by atoms with van der Waals surface area (Å²) in [7, 11) is 0. The van der Waals surface area contributed by atoms with Gasteiger partial charge in [0.05, 0.1) is 21.7 Å². The molecule has 3 aromatic rings. The van der Waals surface area contributed by atoms with Crippen molar-refractivity contribution in [1.82, 2.24) is 14.8 Å². The van der Waals surface area contributed by atoms with E-state index < -0.39 is 45.3 Å². The van der Waals surface area contributed by atoms with Gasteiger partial charge in [-0.1, -0.05) is 11.6 Å². The van der Waals surface area contributed by atoms with Crippen LogP contribution in [-0.4, -0.2) is 19.7 Å². The van der Waals surface area contributed by atoms with E-state index in [9.17, 15) is 32.5 Å². The molecule has 0 spiro atoms. The molecule has 0 aliphatic heterocycles. The summed E-state index contributed by atoms with van der Waals surface area (Å²) in [5.74, 6) is -1.89. The Labute approximate surface area is 163 Å². The van der Waals surface area contributed by atoms with Crippen LogP contribution in [0.3, 0.4) is 0 Å². The predicted octanol–water partition coefficient (Wildman–Crippen LogP) is 4.14. The molecular formula is C16H7ClF4N4O4. The number of rotatable bonds is 4. The van der Waals surface area contributed by atoms with E-state index in [1.807, 2.05) is 0 Å². The highest BCUT2D eigenvalue weighted by Gasteiger charge is 2.32. The minimum atomic E-state index is -4.81. The van der Waals surface area contributed by atoms with Gasteiger partial charge in [-0.3, -0.25) is 14.9 Å². The normalized spacial score (nSPS) is 11.3. The summed E-state index contributed by atoms with van der Waals surface area (Å²) in [6.07, 6.45) is -3.27. The van der Waals surface area contributed by atoms with E-state index in [-0.39, 0.29) is 16.8 Å². The lowest BCUT2D eigenvalue weighted by Crippen LogP contribution is -2.24. The summed E-state index contributed by atoms with van der Waals surface area (Å²) in [6.45, 7) is 0. The lowest BCUT2D eigenvalue weighted by Gasteiger charge is -2.12. The molecule has 1 aromatic carbocycles. The van der Waals surface area contributed by atoms with Gasteiger partial charge in [0.1, 0.15) is 5.69 Å². The Hall–Kier alpha value is -3.54. The zero-order valence-corrected chi connectivity index (χ0v) is 14.6. The Morgan fingerprint density at radius 3 is 2.59 bits per heavy atom. The number of ether oxygens (including phenoxy) is 1. The molecule has 0 amide bonds. The fraction of sp³-hybridized carbons (Fsp3) is 0.0625. The van der Waals surface area contributed by atoms with E-state index in [2.05, 4.69) is 10.1 Å². The van der Waals surface area contributed by atoms with Crippen LogP contribution in [0.5, 0.6) is 11.6 Å². The van der Waals surface area contributed by atoms with Crippen molar-refractivity contribution in [1.29, 1.82) is 0 Å². The number of nitrogens with zero attached hydrogens (tertiary/aromatic N) is 4. The fourth-order valence-corrected chi connectivity index (χ4v) is 2.40. The standard InChI is InChI=1S/C16H7ClF4N4O4/c17-9-5-10(18)12(24-14(26)4-8(7-23-24)16(19,20)21)6-13(9)29-15-11(25(27)28)2-1-3-22-15/h1-7H. The molecule has 150 valence electrons. The summed E-state index contributed by atoms with van der Waals surface area (Å²) in [6, 6.07) is 4.20. The van der Waals surface area contributed by atoms with Crippen molar-refractivity contribution in [3.8, 4) is 17.3 Å². The van der Waals surface area contributed by atoms with Crippen molar-refractivity contribution in [3.05, 3.63) is 79.6 Å².